The molecule has 1 aliphatic rings. The molecule has 1 aliphatic heterocycles. The molecule has 1 N–H and O–H groups in total. The zero-order valence-corrected chi connectivity index (χ0v) is 14.5. The molecule has 0 atom stereocenters. The van der Waals surface area contributed by atoms with Crippen LogP contribution in [0.25, 0.3) is 10.2 Å². The third-order valence-corrected chi connectivity index (χ3v) is 6.00. The Morgan fingerprint density at radius 1 is 1.27 bits per heavy atom. The minimum Gasteiger partial charge on any atom is -0.368 e. The van der Waals surface area contributed by atoms with E-state index in [9.17, 15) is 0 Å². The minimum atomic E-state index is 0.995. The van der Waals surface area contributed by atoms with Crippen LogP contribution in [0.1, 0.15) is 5.69 Å². The van der Waals surface area contributed by atoms with E-state index in [0.717, 1.165) is 32.7 Å². The van der Waals surface area contributed by atoms with Crippen LogP contribution in [-0.2, 0) is 6.54 Å². The van der Waals surface area contributed by atoms with Crippen LogP contribution in [0.4, 0.5) is 5.69 Å². The van der Waals surface area contributed by atoms with Crippen molar-refractivity contribution in [1.29, 1.82) is 0 Å². The predicted octanol–water partition coefficient (Wildman–Crippen LogP) is 3.71. The number of halogens is 1. The lowest BCUT2D eigenvalue weighted by molar-refractivity contribution is 0.247. The Balaban J connectivity index is 1.39. The highest BCUT2D eigenvalue weighted by Crippen LogP contribution is 2.30. The van der Waals surface area contributed by atoms with E-state index >= 15 is 0 Å². The lowest BCUT2D eigenvalue weighted by Gasteiger charge is -2.35. The third-order valence-electron chi connectivity index (χ3n) is 4.14. The van der Waals surface area contributed by atoms with Gasteiger partial charge in [-0.15, -0.1) is 11.3 Å². The highest BCUT2D eigenvalue weighted by molar-refractivity contribution is 9.10. The summed E-state index contributed by atoms with van der Waals surface area (Å²) in [5.74, 6) is 0. The zero-order chi connectivity index (χ0) is 14.9. The van der Waals surface area contributed by atoms with Gasteiger partial charge in [0.2, 0.25) is 0 Å². The second kappa shape index (κ2) is 6.02. The maximum atomic E-state index is 4.21. The number of piperazine rings is 1. The second-order valence-electron chi connectivity index (χ2n) is 5.59. The number of pyridine rings is 1. The van der Waals surface area contributed by atoms with Gasteiger partial charge in [-0.1, -0.05) is 0 Å². The van der Waals surface area contributed by atoms with Gasteiger partial charge >= 0.3 is 0 Å². The molecule has 1 fully saturated rings. The first-order chi connectivity index (χ1) is 10.8. The van der Waals surface area contributed by atoms with Crippen molar-refractivity contribution >= 4 is 43.2 Å². The fraction of sp³-hybridized carbons (Fsp3) is 0.312. The van der Waals surface area contributed by atoms with Crippen LogP contribution in [0.5, 0.6) is 0 Å². The van der Waals surface area contributed by atoms with Gasteiger partial charge in [-0.2, -0.15) is 0 Å². The Kier molecular flexibility index (Phi) is 3.90. The number of nitrogens with one attached hydrogen (secondary N) is 1. The van der Waals surface area contributed by atoms with Crippen LogP contribution in [0, 0.1) is 0 Å². The topological polar surface area (TPSA) is 35.2 Å². The molecule has 0 aromatic carbocycles. The van der Waals surface area contributed by atoms with E-state index in [0.29, 0.717) is 0 Å². The first kappa shape index (κ1) is 14.2. The summed E-state index contributed by atoms with van der Waals surface area (Å²) in [6.45, 7) is 5.29. The SMILES string of the molecule is Brc1csc2cc(CN3CCN(c4cccnc4)CC3)[nH]c12. The van der Waals surface area contributed by atoms with Crippen molar-refractivity contribution in [2.75, 3.05) is 31.1 Å². The van der Waals surface area contributed by atoms with Gasteiger partial charge in [0.1, 0.15) is 0 Å². The summed E-state index contributed by atoms with van der Waals surface area (Å²) in [7, 11) is 0. The summed E-state index contributed by atoms with van der Waals surface area (Å²) < 4.78 is 2.50. The molecule has 0 amide bonds. The molecule has 0 radical (unpaired) electrons. The van der Waals surface area contributed by atoms with E-state index in [1.807, 2.05) is 18.5 Å². The minimum absolute atomic E-state index is 0.995. The Morgan fingerprint density at radius 3 is 2.86 bits per heavy atom. The number of hydrogen-bond donors (Lipinski definition) is 1. The van der Waals surface area contributed by atoms with Crippen molar-refractivity contribution in [3.8, 4) is 0 Å². The first-order valence-corrected chi connectivity index (χ1v) is 9.09. The van der Waals surface area contributed by atoms with Crippen molar-refractivity contribution in [2.24, 2.45) is 0 Å². The highest BCUT2D eigenvalue weighted by atomic mass is 79.9. The van der Waals surface area contributed by atoms with E-state index in [2.05, 4.69) is 53.2 Å². The number of thiophene rings is 1. The lowest BCUT2D eigenvalue weighted by atomic mass is 10.2. The lowest BCUT2D eigenvalue weighted by Crippen LogP contribution is -2.46. The van der Waals surface area contributed by atoms with E-state index in [-0.39, 0.29) is 0 Å². The Morgan fingerprint density at radius 2 is 2.14 bits per heavy atom. The van der Waals surface area contributed by atoms with Gasteiger partial charge in [-0.3, -0.25) is 9.88 Å². The van der Waals surface area contributed by atoms with Crippen molar-refractivity contribution in [3.05, 3.63) is 46.1 Å². The Bertz CT molecular complexity index is 759. The molecule has 4 rings (SSSR count). The van der Waals surface area contributed by atoms with Crippen LogP contribution < -0.4 is 4.90 Å². The fourth-order valence-corrected chi connectivity index (χ4v) is 4.53. The smallest absolute Gasteiger partial charge is 0.0710 e. The van der Waals surface area contributed by atoms with Crippen molar-refractivity contribution < 1.29 is 0 Å². The Labute approximate surface area is 141 Å². The summed E-state index contributed by atoms with van der Waals surface area (Å²) >= 11 is 5.37. The number of fused-ring (bicyclic) bond motifs is 1. The molecule has 0 aliphatic carbocycles. The quantitative estimate of drug-likeness (QED) is 0.756. The third kappa shape index (κ3) is 2.78. The maximum absolute atomic E-state index is 4.21. The van der Waals surface area contributed by atoms with E-state index in [1.54, 1.807) is 11.3 Å². The molecule has 0 saturated carbocycles. The van der Waals surface area contributed by atoms with Crippen molar-refractivity contribution in [1.82, 2.24) is 14.9 Å². The normalized spacial score (nSPS) is 16.5. The van der Waals surface area contributed by atoms with Crippen LogP contribution in [0.15, 0.2) is 40.4 Å². The molecule has 3 aromatic rings. The van der Waals surface area contributed by atoms with Crippen molar-refractivity contribution in [3.63, 3.8) is 0 Å². The zero-order valence-electron chi connectivity index (χ0n) is 12.1. The van der Waals surface area contributed by atoms with Gasteiger partial charge in [0, 0.05) is 50.0 Å². The number of rotatable bonds is 3. The molecule has 3 aromatic heterocycles. The number of anilines is 1. The van der Waals surface area contributed by atoms with Gasteiger partial charge in [0.15, 0.2) is 0 Å². The van der Waals surface area contributed by atoms with E-state index < -0.39 is 0 Å². The summed E-state index contributed by atoms with van der Waals surface area (Å²) in [5.41, 5.74) is 3.76. The van der Waals surface area contributed by atoms with E-state index in [4.69, 9.17) is 0 Å². The van der Waals surface area contributed by atoms with Gasteiger partial charge in [-0.25, -0.2) is 0 Å². The molecule has 4 heterocycles. The van der Waals surface area contributed by atoms with Gasteiger partial charge in [0.05, 0.1) is 26.6 Å². The largest absolute Gasteiger partial charge is 0.368 e. The summed E-state index contributed by atoms with van der Waals surface area (Å²) in [6, 6.07) is 6.42. The monoisotopic (exact) mass is 376 g/mol. The molecule has 4 nitrogen and oxygen atoms in total. The average Bonchev–Trinajstić information content (AvgIpc) is 3.11. The Hall–Kier alpha value is -1.37. The molecule has 0 spiro atoms. The van der Waals surface area contributed by atoms with Crippen LogP contribution in [0.2, 0.25) is 0 Å². The van der Waals surface area contributed by atoms with Crippen LogP contribution in [-0.4, -0.2) is 41.0 Å². The molecular weight excluding hydrogens is 360 g/mol. The van der Waals surface area contributed by atoms with Crippen molar-refractivity contribution in [2.45, 2.75) is 6.54 Å². The molecule has 1 saturated heterocycles. The molecule has 0 bridgehead atoms. The molecular formula is C16H17BrN4S. The molecule has 6 heteroatoms. The van der Waals surface area contributed by atoms with E-state index in [1.165, 1.54) is 26.1 Å². The van der Waals surface area contributed by atoms with Crippen LogP contribution in [0.3, 0.4) is 0 Å². The second-order valence-corrected chi connectivity index (χ2v) is 7.36. The standard InChI is InChI=1S/C16H17BrN4S/c17-14-11-22-15-8-12(19-16(14)15)10-20-4-6-21(7-5-20)13-2-1-3-18-9-13/h1-3,8-9,11,19H,4-7,10H2. The van der Waals surface area contributed by atoms with Gasteiger partial charge in [-0.05, 0) is 34.1 Å². The highest BCUT2D eigenvalue weighted by Gasteiger charge is 2.18. The molecule has 22 heavy (non-hydrogen) atoms. The summed E-state index contributed by atoms with van der Waals surface area (Å²) in [5, 5.41) is 2.14. The van der Waals surface area contributed by atoms with Gasteiger partial charge in [0.25, 0.3) is 0 Å². The number of nitrogens with zero attached hydrogens (tertiary/aromatic N) is 3. The number of H-pyrrole nitrogens is 1. The fourth-order valence-electron chi connectivity index (χ4n) is 2.96. The molecule has 0 unspecified atom stereocenters. The average molecular weight is 377 g/mol. The van der Waals surface area contributed by atoms with Crippen LogP contribution >= 0.6 is 27.3 Å². The molecule has 114 valence electrons. The summed E-state index contributed by atoms with van der Waals surface area (Å²) in [6.07, 6.45) is 3.78. The first-order valence-electron chi connectivity index (χ1n) is 7.41. The maximum Gasteiger partial charge on any atom is 0.0710 e. The number of hydrogen-bond acceptors (Lipinski definition) is 4. The summed E-state index contributed by atoms with van der Waals surface area (Å²) in [4.78, 5) is 12.7. The predicted molar refractivity (Wildman–Crippen MR) is 95.6 cm³/mol. The number of aromatic nitrogens is 2. The number of aromatic amines is 1. The van der Waals surface area contributed by atoms with Gasteiger partial charge < -0.3 is 9.88 Å².